The maximum absolute atomic E-state index is 12.4. The van der Waals surface area contributed by atoms with Crippen molar-refractivity contribution in [3.63, 3.8) is 0 Å². The molecule has 0 aliphatic heterocycles. The second-order valence-corrected chi connectivity index (χ2v) is 5.86. The van der Waals surface area contributed by atoms with E-state index in [2.05, 4.69) is 5.32 Å². The van der Waals surface area contributed by atoms with Crippen molar-refractivity contribution in [3.05, 3.63) is 24.3 Å². The Balaban J connectivity index is 2.02. The van der Waals surface area contributed by atoms with Crippen LogP contribution in [0.2, 0.25) is 0 Å². The fourth-order valence-corrected chi connectivity index (χ4v) is 2.84. The van der Waals surface area contributed by atoms with Crippen molar-refractivity contribution in [2.24, 2.45) is 11.7 Å². The molecule has 1 aliphatic carbocycles. The van der Waals surface area contributed by atoms with E-state index in [9.17, 15) is 9.18 Å². The zero-order valence-corrected chi connectivity index (χ0v) is 12.4. The molecule has 1 fully saturated rings. The molecule has 1 saturated carbocycles. The average Bonchev–Trinajstić information content (AvgIpc) is 2.45. The van der Waals surface area contributed by atoms with E-state index in [0.717, 1.165) is 25.7 Å². The van der Waals surface area contributed by atoms with Crippen LogP contribution in [0.25, 0.3) is 0 Å². The number of anilines is 1. The Morgan fingerprint density at radius 2 is 2.33 bits per heavy atom. The molecule has 2 unspecified atom stereocenters. The van der Waals surface area contributed by atoms with E-state index in [0.29, 0.717) is 11.4 Å². The Morgan fingerprint density at radius 3 is 3.05 bits per heavy atom. The molecule has 0 saturated heterocycles. The van der Waals surface area contributed by atoms with E-state index in [1.807, 2.05) is 6.92 Å². The van der Waals surface area contributed by atoms with E-state index in [1.54, 1.807) is 24.3 Å². The Labute approximate surface area is 124 Å². The normalized spacial score (nSPS) is 25.4. The van der Waals surface area contributed by atoms with Crippen LogP contribution in [-0.2, 0) is 4.79 Å². The number of nitrogens with one attached hydrogen (secondary N) is 1. The summed E-state index contributed by atoms with van der Waals surface area (Å²) in [6.45, 7) is 1.42. The fraction of sp³-hybridized carbons (Fsp3) is 0.562. The molecule has 4 nitrogen and oxygen atoms in total. The minimum Gasteiger partial charge on any atom is -0.491 e. The number of rotatable bonds is 5. The molecule has 3 N–H and O–H groups in total. The highest BCUT2D eigenvalue weighted by Crippen LogP contribution is 2.32. The summed E-state index contributed by atoms with van der Waals surface area (Å²) in [5, 5.41) is 2.89. The van der Waals surface area contributed by atoms with Crippen LogP contribution in [0.15, 0.2) is 24.3 Å². The number of hydrogen-bond acceptors (Lipinski definition) is 3. The number of halogens is 1. The summed E-state index contributed by atoms with van der Waals surface area (Å²) in [6, 6.07) is 6.99. The van der Waals surface area contributed by atoms with E-state index in [4.69, 9.17) is 10.5 Å². The van der Waals surface area contributed by atoms with Crippen LogP contribution in [0.4, 0.5) is 10.1 Å². The van der Waals surface area contributed by atoms with Crippen LogP contribution >= 0.6 is 0 Å². The predicted octanol–water partition coefficient (Wildman–Crippen LogP) is 2.88. The second kappa shape index (κ2) is 6.89. The number of nitrogens with two attached hydrogens (primary N) is 1. The van der Waals surface area contributed by atoms with E-state index in [1.165, 1.54) is 0 Å². The molecule has 5 heteroatoms. The third-order valence-corrected chi connectivity index (χ3v) is 4.02. The third-order valence-electron chi connectivity index (χ3n) is 4.02. The molecule has 1 aromatic carbocycles. The fourth-order valence-electron chi connectivity index (χ4n) is 2.84. The van der Waals surface area contributed by atoms with Crippen LogP contribution < -0.4 is 15.8 Å². The Hall–Kier alpha value is -1.62. The van der Waals surface area contributed by atoms with Crippen molar-refractivity contribution in [1.29, 1.82) is 0 Å². The van der Waals surface area contributed by atoms with Crippen molar-refractivity contribution in [1.82, 2.24) is 0 Å². The highest BCUT2D eigenvalue weighted by atomic mass is 19.1. The average molecular weight is 294 g/mol. The lowest BCUT2D eigenvalue weighted by Gasteiger charge is -2.37. The summed E-state index contributed by atoms with van der Waals surface area (Å²) in [5.74, 6) is 0.314. The number of amides is 1. The van der Waals surface area contributed by atoms with Gasteiger partial charge in [-0.3, -0.25) is 4.79 Å². The van der Waals surface area contributed by atoms with Crippen molar-refractivity contribution in [3.8, 4) is 5.75 Å². The number of carbonyl (C=O) groups is 1. The van der Waals surface area contributed by atoms with Crippen LogP contribution in [0.3, 0.4) is 0 Å². The lowest BCUT2D eigenvalue weighted by molar-refractivity contribution is -0.122. The zero-order chi connectivity index (χ0) is 15.3. The first-order valence-electron chi connectivity index (χ1n) is 7.41. The molecule has 0 heterocycles. The molecule has 1 aliphatic rings. The number of hydrogen-bond donors (Lipinski definition) is 2. The van der Waals surface area contributed by atoms with Gasteiger partial charge < -0.3 is 15.8 Å². The number of ether oxygens (including phenoxy) is 1. The summed E-state index contributed by atoms with van der Waals surface area (Å²) >= 11 is 0. The minimum absolute atomic E-state index is 0.0148. The third kappa shape index (κ3) is 4.17. The molecule has 0 radical (unpaired) electrons. The molecule has 21 heavy (non-hydrogen) atoms. The molecule has 2 rings (SSSR count). The molecule has 0 aromatic heterocycles. The molecular weight excluding hydrogens is 271 g/mol. The summed E-state index contributed by atoms with van der Waals surface area (Å²) in [7, 11) is 0. The van der Waals surface area contributed by atoms with Gasteiger partial charge in [-0.15, -0.1) is 0 Å². The molecule has 1 aromatic rings. The smallest absolute Gasteiger partial charge is 0.229 e. The summed E-state index contributed by atoms with van der Waals surface area (Å²) < 4.78 is 17.3. The Kier molecular flexibility index (Phi) is 5.17. The van der Waals surface area contributed by atoms with Gasteiger partial charge in [0.25, 0.3) is 0 Å². The van der Waals surface area contributed by atoms with Gasteiger partial charge in [0.1, 0.15) is 19.0 Å². The molecule has 2 atom stereocenters. The molecular formula is C16H23FN2O2. The summed E-state index contributed by atoms with van der Waals surface area (Å²) in [6.07, 6.45) is 3.79. The van der Waals surface area contributed by atoms with Crippen molar-refractivity contribution in [2.75, 3.05) is 18.6 Å². The van der Waals surface area contributed by atoms with E-state index < -0.39 is 12.2 Å². The minimum atomic E-state index is -0.538. The van der Waals surface area contributed by atoms with E-state index in [-0.39, 0.29) is 18.4 Å². The maximum atomic E-state index is 12.4. The van der Waals surface area contributed by atoms with Gasteiger partial charge in [-0.1, -0.05) is 18.9 Å². The van der Waals surface area contributed by atoms with Crippen LogP contribution in [0, 0.1) is 5.92 Å². The van der Waals surface area contributed by atoms with Crippen LogP contribution in [0.1, 0.15) is 32.6 Å². The summed E-state index contributed by atoms with van der Waals surface area (Å²) in [5.41, 5.74) is 6.44. The number of alkyl halides is 1. The molecule has 0 bridgehead atoms. The second-order valence-electron chi connectivity index (χ2n) is 5.86. The predicted molar refractivity (Wildman–Crippen MR) is 81.1 cm³/mol. The molecule has 116 valence electrons. The Morgan fingerprint density at radius 1 is 1.52 bits per heavy atom. The van der Waals surface area contributed by atoms with Crippen molar-refractivity contribution < 1.29 is 13.9 Å². The highest BCUT2D eigenvalue weighted by Gasteiger charge is 2.37. The van der Waals surface area contributed by atoms with Gasteiger partial charge in [0, 0.05) is 17.3 Å². The SMILES string of the molecule is CC1(N)CCCCC1C(=O)Nc1cccc(OCCF)c1. The number of carbonyl (C=O) groups excluding carboxylic acids is 1. The highest BCUT2D eigenvalue weighted by molar-refractivity contribution is 5.93. The van der Waals surface area contributed by atoms with Crippen LogP contribution in [-0.4, -0.2) is 24.7 Å². The van der Waals surface area contributed by atoms with Gasteiger partial charge >= 0.3 is 0 Å². The summed E-state index contributed by atoms with van der Waals surface area (Å²) in [4.78, 5) is 12.4. The van der Waals surface area contributed by atoms with Gasteiger partial charge in [-0.2, -0.15) is 0 Å². The monoisotopic (exact) mass is 294 g/mol. The quantitative estimate of drug-likeness (QED) is 0.877. The van der Waals surface area contributed by atoms with Gasteiger partial charge in [0.2, 0.25) is 5.91 Å². The molecule has 0 spiro atoms. The first-order chi connectivity index (χ1) is 10.0. The number of benzene rings is 1. The topological polar surface area (TPSA) is 64.4 Å². The largest absolute Gasteiger partial charge is 0.491 e. The van der Waals surface area contributed by atoms with Crippen molar-refractivity contribution in [2.45, 2.75) is 38.1 Å². The van der Waals surface area contributed by atoms with Crippen LogP contribution in [0.5, 0.6) is 5.75 Å². The van der Waals surface area contributed by atoms with Gasteiger partial charge in [-0.25, -0.2) is 4.39 Å². The van der Waals surface area contributed by atoms with Gasteiger partial charge in [0.15, 0.2) is 0 Å². The maximum Gasteiger partial charge on any atom is 0.229 e. The lowest BCUT2D eigenvalue weighted by atomic mass is 9.74. The molecule has 1 amide bonds. The first-order valence-corrected chi connectivity index (χ1v) is 7.41. The van der Waals surface area contributed by atoms with E-state index >= 15 is 0 Å². The van der Waals surface area contributed by atoms with Gasteiger partial charge in [-0.05, 0) is 31.9 Å². The van der Waals surface area contributed by atoms with Crippen molar-refractivity contribution >= 4 is 11.6 Å². The zero-order valence-electron chi connectivity index (χ0n) is 12.4. The van der Waals surface area contributed by atoms with Gasteiger partial charge in [0.05, 0.1) is 5.92 Å². The standard InChI is InChI=1S/C16H23FN2O2/c1-16(18)8-3-2-7-14(16)15(20)19-12-5-4-6-13(11-12)21-10-9-17/h4-6,11,14H,2-3,7-10,18H2,1H3,(H,19,20). The Bertz CT molecular complexity index is 491. The lowest BCUT2D eigenvalue weighted by Crippen LogP contribution is -2.51. The first kappa shape index (κ1) is 15.8.